The van der Waals surface area contributed by atoms with Gasteiger partial charge in [-0.25, -0.2) is 4.98 Å². The zero-order valence-corrected chi connectivity index (χ0v) is 13.1. The predicted octanol–water partition coefficient (Wildman–Crippen LogP) is 1.65. The molecule has 8 heteroatoms. The molecule has 122 valence electrons. The average Bonchev–Trinajstić information content (AvgIpc) is 3.15. The van der Waals surface area contributed by atoms with Crippen molar-refractivity contribution in [3.63, 3.8) is 0 Å². The van der Waals surface area contributed by atoms with Crippen LogP contribution in [0.25, 0.3) is 11.4 Å². The number of aromatic nitrogens is 4. The second kappa shape index (κ2) is 6.45. The zero-order valence-electron chi connectivity index (χ0n) is 13.1. The van der Waals surface area contributed by atoms with Crippen LogP contribution in [0.15, 0.2) is 52.4 Å². The molecule has 3 aromatic rings. The highest BCUT2D eigenvalue weighted by molar-refractivity contribution is 5.93. The summed E-state index contributed by atoms with van der Waals surface area (Å²) < 4.78 is 4.79. The first-order valence-corrected chi connectivity index (χ1v) is 7.25. The molecule has 8 nitrogen and oxygen atoms in total. The maximum absolute atomic E-state index is 12.5. The number of nitrogens with zero attached hydrogens (tertiary/aromatic N) is 4. The number of nitrogens with one attached hydrogen (secondary N) is 1. The molecule has 1 unspecified atom stereocenters. The van der Waals surface area contributed by atoms with Gasteiger partial charge in [-0.1, -0.05) is 5.16 Å². The van der Waals surface area contributed by atoms with E-state index in [4.69, 9.17) is 4.52 Å². The van der Waals surface area contributed by atoms with Crippen LogP contribution in [-0.4, -0.2) is 38.0 Å². The van der Waals surface area contributed by atoms with Crippen LogP contribution in [0.4, 0.5) is 0 Å². The summed E-state index contributed by atoms with van der Waals surface area (Å²) in [7, 11) is 1.59. The van der Waals surface area contributed by atoms with E-state index < -0.39 is 11.5 Å². The monoisotopic (exact) mass is 325 g/mol. The third kappa shape index (κ3) is 2.94. The molecule has 0 bridgehead atoms. The van der Waals surface area contributed by atoms with Crippen molar-refractivity contribution in [3.8, 4) is 11.4 Å². The molecule has 0 spiro atoms. The van der Waals surface area contributed by atoms with Gasteiger partial charge < -0.3 is 14.4 Å². The number of aromatic amines is 1. The summed E-state index contributed by atoms with van der Waals surface area (Å²) in [5.74, 6) is -0.0890. The first-order valence-electron chi connectivity index (χ1n) is 7.25. The Hall–Kier alpha value is -3.29. The molecule has 3 aromatic heterocycles. The first-order chi connectivity index (χ1) is 11.6. The van der Waals surface area contributed by atoms with Gasteiger partial charge in [-0.05, 0) is 19.1 Å². The van der Waals surface area contributed by atoms with Crippen molar-refractivity contribution in [3.05, 3.63) is 64.7 Å². The third-order valence-corrected chi connectivity index (χ3v) is 3.75. The molecule has 0 saturated heterocycles. The SMILES string of the molecule is CC(c1ccon1)N(C)C(=O)c1cnc(-c2cccnc2)[nH]c1=O. The normalized spacial score (nSPS) is 11.9. The Morgan fingerprint density at radius 2 is 2.17 bits per heavy atom. The first kappa shape index (κ1) is 15.6. The molecule has 0 aliphatic heterocycles. The van der Waals surface area contributed by atoms with Crippen LogP contribution < -0.4 is 5.56 Å². The van der Waals surface area contributed by atoms with E-state index in [1.54, 1.807) is 44.6 Å². The fourth-order valence-electron chi connectivity index (χ4n) is 2.20. The number of amides is 1. The van der Waals surface area contributed by atoms with E-state index in [1.807, 2.05) is 0 Å². The summed E-state index contributed by atoms with van der Waals surface area (Å²) in [5.41, 5.74) is 0.716. The van der Waals surface area contributed by atoms with E-state index in [-0.39, 0.29) is 11.6 Å². The zero-order chi connectivity index (χ0) is 17.1. The quantitative estimate of drug-likeness (QED) is 0.782. The molecular formula is C16H15N5O3. The molecule has 0 aliphatic rings. The van der Waals surface area contributed by atoms with Crippen molar-refractivity contribution in [2.45, 2.75) is 13.0 Å². The molecule has 1 N–H and O–H groups in total. The minimum Gasteiger partial charge on any atom is -0.364 e. The van der Waals surface area contributed by atoms with Crippen LogP contribution in [0.3, 0.4) is 0 Å². The van der Waals surface area contributed by atoms with Gasteiger partial charge in [0.15, 0.2) is 0 Å². The fraction of sp³-hybridized carbons (Fsp3) is 0.188. The van der Waals surface area contributed by atoms with E-state index in [0.717, 1.165) is 0 Å². The standard InChI is InChI=1S/C16H15N5O3/c1-10(13-5-7-24-20-13)21(2)16(23)12-9-18-14(19-15(12)22)11-4-3-6-17-8-11/h3-10H,1-2H3,(H,18,19,22). The predicted molar refractivity (Wildman–Crippen MR) is 85.1 cm³/mol. The van der Waals surface area contributed by atoms with Crippen molar-refractivity contribution in [2.24, 2.45) is 0 Å². The molecule has 1 atom stereocenters. The second-order valence-electron chi connectivity index (χ2n) is 5.23. The summed E-state index contributed by atoms with van der Waals surface area (Å²) in [6, 6.07) is 4.84. The Bertz CT molecular complexity index is 890. The Morgan fingerprint density at radius 3 is 2.79 bits per heavy atom. The molecule has 24 heavy (non-hydrogen) atoms. The summed E-state index contributed by atoms with van der Waals surface area (Å²) in [6.07, 6.45) is 5.91. The van der Waals surface area contributed by atoms with Gasteiger partial charge in [-0.15, -0.1) is 0 Å². The van der Waals surface area contributed by atoms with Crippen LogP contribution in [-0.2, 0) is 0 Å². The van der Waals surface area contributed by atoms with Gasteiger partial charge >= 0.3 is 0 Å². The lowest BCUT2D eigenvalue weighted by Gasteiger charge is -2.22. The fourth-order valence-corrected chi connectivity index (χ4v) is 2.20. The highest BCUT2D eigenvalue weighted by Gasteiger charge is 2.23. The number of hydrogen-bond acceptors (Lipinski definition) is 6. The van der Waals surface area contributed by atoms with E-state index in [2.05, 4.69) is 20.1 Å². The minimum atomic E-state index is -0.506. The minimum absolute atomic E-state index is 0.0412. The molecule has 0 aliphatic carbocycles. The van der Waals surface area contributed by atoms with E-state index in [1.165, 1.54) is 17.4 Å². The Morgan fingerprint density at radius 1 is 1.33 bits per heavy atom. The Balaban J connectivity index is 1.87. The lowest BCUT2D eigenvalue weighted by molar-refractivity contribution is 0.0735. The molecule has 0 aromatic carbocycles. The van der Waals surface area contributed by atoms with Crippen LogP contribution in [0.1, 0.15) is 29.0 Å². The van der Waals surface area contributed by atoms with Crippen LogP contribution in [0.5, 0.6) is 0 Å². The van der Waals surface area contributed by atoms with Crippen molar-refractivity contribution < 1.29 is 9.32 Å². The second-order valence-corrected chi connectivity index (χ2v) is 5.23. The van der Waals surface area contributed by atoms with E-state index >= 15 is 0 Å². The van der Waals surface area contributed by atoms with Gasteiger partial charge in [-0.3, -0.25) is 14.6 Å². The number of hydrogen-bond donors (Lipinski definition) is 1. The van der Waals surface area contributed by atoms with Crippen LogP contribution >= 0.6 is 0 Å². The molecule has 3 rings (SSSR count). The van der Waals surface area contributed by atoms with Crippen LogP contribution in [0, 0.1) is 0 Å². The number of rotatable bonds is 4. The number of pyridine rings is 1. The van der Waals surface area contributed by atoms with Crippen molar-refractivity contribution in [1.29, 1.82) is 0 Å². The van der Waals surface area contributed by atoms with Gasteiger partial charge in [0.25, 0.3) is 11.5 Å². The molecule has 1 amide bonds. The van der Waals surface area contributed by atoms with Crippen molar-refractivity contribution in [2.75, 3.05) is 7.05 Å². The maximum Gasteiger partial charge on any atom is 0.264 e. The third-order valence-electron chi connectivity index (χ3n) is 3.75. The number of carbonyl (C=O) groups excluding carboxylic acids is 1. The molecule has 3 heterocycles. The Kier molecular flexibility index (Phi) is 4.19. The summed E-state index contributed by atoms with van der Waals surface area (Å²) in [6.45, 7) is 1.79. The number of carbonyl (C=O) groups is 1. The molecule has 0 fully saturated rings. The Labute approximate surface area is 137 Å². The van der Waals surface area contributed by atoms with Gasteiger partial charge in [0.05, 0.1) is 6.04 Å². The highest BCUT2D eigenvalue weighted by atomic mass is 16.5. The largest absolute Gasteiger partial charge is 0.364 e. The summed E-state index contributed by atoms with van der Waals surface area (Å²) >= 11 is 0. The maximum atomic E-state index is 12.5. The lowest BCUT2D eigenvalue weighted by Crippen LogP contribution is -2.34. The number of H-pyrrole nitrogens is 1. The highest BCUT2D eigenvalue weighted by Crippen LogP contribution is 2.18. The van der Waals surface area contributed by atoms with Gasteiger partial charge in [-0.2, -0.15) is 0 Å². The molecular weight excluding hydrogens is 310 g/mol. The summed E-state index contributed by atoms with van der Waals surface area (Å²) in [4.78, 5) is 37.0. The topological polar surface area (TPSA) is 105 Å². The van der Waals surface area contributed by atoms with Gasteiger partial charge in [0.2, 0.25) is 0 Å². The van der Waals surface area contributed by atoms with Crippen molar-refractivity contribution in [1.82, 2.24) is 25.0 Å². The van der Waals surface area contributed by atoms with Gasteiger partial charge in [0, 0.05) is 37.3 Å². The summed E-state index contributed by atoms with van der Waals surface area (Å²) in [5, 5.41) is 3.81. The van der Waals surface area contributed by atoms with Crippen molar-refractivity contribution >= 4 is 5.91 Å². The average molecular weight is 325 g/mol. The lowest BCUT2D eigenvalue weighted by atomic mass is 10.2. The molecule has 0 radical (unpaired) electrons. The van der Waals surface area contributed by atoms with Crippen LogP contribution in [0.2, 0.25) is 0 Å². The van der Waals surface area contributed by atoms with Gasteiger partial charge in [0.1, 0.15) is 23.3 Å². The smallest absolute Gasteiger partial charge is 0.264 e. The van der Waals surface area contributed by atoms with E-state index in [9.17, 15) is 9.59 Å². The molecule has 0 saturated carbocycles. The van der Waals surface area contributed by atoms with E-state index in [0.29, 0.717) is 17.1 Å².